The Morgan fingerprint density at radius 3 is 2.54 bits per heavy atom. The van der Waals surface area contributed by atoms with E-state index in [1.807, 2.05) is 36.4 Å². The Morgan fingerprint density at radius 2 is 1.85 bits per heavy atom. The van der Waals surface area contributed by atoms with Crippen LogP contribution in [-0.2, 0) is 0 Å². The molecule has 4 aromatic rings. The second-order valence-electron chi connectivity index (χ2n) is 6.05. The molecule has 0 aliphatic rings. The molecular formula is C21H15FN2O2. The zero-order chi connectivity index (χ0) is 18.3. The van der Waals surface area contributed by atoms with Gasteiger partial charge in [0, 0.05) is 16.6 Å². The highest BCUT2D eigenvalue weighted by molar-refractivity contribution is 6.00. The fraction of sp³-hybridized carbons (Fsp3) is 0.0476. The summed E-state index contributed by atoms with van der Waals surface area (Å²) < 4.78 is 15.2. The van der Waals surface area contributed by atoms with E-state index in [1.54, 1.807) is 25.3 Å². The van der Waals surface area contributed by atoms with Gasteiger partial charge < -0.3 is 9.67 Å². The van der Waals surface area contributed by atoms with Crippen molar-refractivity contribution in [3.05, 3.63) is 83.9 Å². The first-order valence-electron chi connectivity index (χ1n) is 8.12. The average molecular weight is 346 g/mol. The van der Waals surface area contributed by atoms with E-state index in [2.05, 4.69) is 4.98 Å². The van der Waals surface area contributed by atoms with E-state index in [-0.39, 0.29) is 5.69 Å². The van der Waals surface area contributed by atoms with E-state index in [0.717, 1.165) is 16.6 Å². The van der Waals surface area contributed by atoms with E-state index in [4.69, 9.17) is 0 Å². The van der Waals surface area contributed by atoms with Gasteiger partial charge in [0.05, 0.1) is 17.4 Å². The van der Waals surface area contributed by atoms with Crippen molar-refractivity contribution in [1.29, 1.82) is 0 Å². The van der Waals surface area contributed by atoms with Gasteiger partial charge in [-0.1, -0.05) is 36.4 Å². The molecule has 0 amide bonds. The van der Waals surface area contributed by atoms with Crippen molar-refractivity contribution in [2.75, 3.05) is 0 Å². The van der Waals surface area contributed by atoms with Crippen LogP contribution in [-0.4, -0.2) is 20.6 Å². The van der Waals surface area contributed by atoms with Crippen LogP contribution in [0.2, 0.25) is 0 Å². The summed E-state index contributed by atoms with van der Waals surface area (Å²) in [6.45, 7) is 1.76. The van der Waals surface area contributed by atoms with E-state index >= 15 is 0 Å². The van der Waals surface area contributed by atoms with Gasteiger partial charge in [0.1, 0.15) is 11.5 Å². The highest BCUT2D eigenvalue weighted by Crippen LogP contribution is 2.31. The second kappa shape index (κ2) is 6.11. The van der Waals surface area contributed by atoms with Crippen LogP contribution in [0.25, 0.3) is 27.8 Å². The smallest absolute Gasteiger partial charge is 0.353 e. The predicted molar refractivity (Wildman–Crippen MR) is 98.2 cm³/mol. The number of carbonyl (C=O) groups is 1. The summed E-state index contributed by atoms with van der Waals surface area (Å²) in [4.78, 5) is 16.4. The zero-order valence-corrected chi connectivity index (χ0v) is 14.0. The largest absolute Gasteiger partial charge is 0.477 e. The van der Waals surface area contributed by atoms with Crippen LogP contribution in [0.5, 0.6) is 0 Å². The maximum atomic E-state index is 13.7. The maximum Gasteiger partial charge on any atom is 0.353 e. The van der Waals surface area contributed by atoms with Gasteiger partial charge in [0.15, 0.2) is 0 Å². The van der Waals surface area contributed by atoms with Crippen molar-refractivity contribution in [3.8, 4) is 16.9 Å². The molecule has 2 aromatic heterocycles. The molecule has 2 heterocycles. The Hall–Kier alpha value is -3.47. The van der Waals surface area contributed by atoms with E-state index in [1.165, 1.54) is 16.7 Å². The van der Waals surface area contributed by atoms with Gasteiger partial charge in [0.2, 0.25) is 0 Å². The Balaban J connectivity index is 2.03. The van der Waals surface area contributed by atoms with Crippen LogP contribution in [0, 0.1) is 12.7 Å². The van der Waals surface area contributed by atoms with Gasteiger partial charge in [-0.15, -0.1) is 0 Å². The quantitative estimate of drug-likeness (QED) is 0.577. The van der Waals surface area contributed by atoms with Gasteiger partial charge in [-0.3, -0.25) is 4.98 Å². The summed E-state index contributed by atoms with van der Waals surface area (Å²) in [7, 11) is 0. The average Bonchev–Trinajstić information content (AvgIpc) is 2.95. The van der Waals surface area contributed by atoms with Gasteiger partial charge in [-0.05, 0) is 36.8 Å². The molecule has 26 heavy (non-hydrogen) atoms. The minimum atomic E-state index is -1.07. The number of hydrogen-bond donors (Lipinski definition) is 1. The van der Waals surface area contributed by atoms with Crippen LogP contribution in [0.3, 0.4) is 0 Å². The van der Waals surface area contributed by atoms with Crippen LogP contribution < -0.4 is 0 Å². The van der Waals surface area contributed by atoms with Gasteiger partial charge in [-0.2, -0.15) is 0 Å². The molecule has 0 fully saturated rings. The van der Waals surface area contributed by atoms with Gasteiger partial charge >= 0.3 is 5.97 Å². The third kappa shape index (κ3) is 2.54. The molecule has 0 aliphatic heterocycles. The number of carboxylic acid groups (broad SMARTS) is 1. The summed E-state index contributed by atoms with van der Waals surface area (Å²) in [5.74, 6) is -1.49. The number of aromatic nitrogens is 2. The number of nitrogens with zero attached hydrogens (tertiary/aromatic N) is 2. The number of rotatable bonds is 3. The second-order valence-corrected chi connectivity index (χ2v) is 6.05. The first-order chi connectivity index (χ1) is 12.6. The molecule has 0 saturated heterocycles. The van der Waals surface area contributed by atoms with Crippen molar-refractivity contribution in [1.82, 2.24) is 9.55 Å². The highest BCUT2D eigenvalue weighted by Gasteiger charge is 2.21. The molecule has 5 heteroatoms. The maximum absolute atomic E-state index is 13.7. The molecular weight excluding hydrogens is 331 g/mol. The standard InChI is InChI=1S/C21H15FN2O2/c1-13-17-11-18(14-6-3-2-4-7-14)23-12-19(17)24(20(13)21(25)26)16-9-5-8-15(22)10-16/h2-12H,1H3,(H,25,26). The fourth-order valence-electron chi connectivity index (χ4n) is 3.25. The summed E-state index contributed by atoms with van der Waals surface area (Å²) in [6, 6.07) is 17.4. The lowest BCUT2D eigenvalue weighted by Gasteiger charge is -2.09. The number of carboxylic acids is 1. The lowest BCUT2D eigenvalue weighted by atomic mass is 10.1. The number of pyridine rings is 1. The fourth-order valence-corrected chi connectivity index (χ4v) is 3.25. The Labute approximate surface area is 149 Å². The van der Waals surface area contributed by atoms with Crippen LogP contribution >= 0.6 is 0 Å². The number of benzene rings is 2. The predicted octanol–water partition coefficient (Wildman–Crippen LogP) is 4.84. The van der Waals surface area contributed by atoms with Crippen molar-refractivity contribution in [3.63, 3.8) is 0 Å². The van der Waals surface area contributed by atoms with Gasteiger partial charge in [-0.25, -0.2) is 9.18 Å². The lowest BCUT2D eigenvalue weighted by molar-refractivity contribution is 0.0688. The Bertz CT molecular complexity index is 1130. The molecule has 0 atom stereocenters. The summed E-state index contributed by atoms with van der Waals surface area (Å²) in [5, 5.41) is 10.5. The summed E-state index contributed by atoms with van der Waals surface area (Å²) in [5.41, 5.74) is 3.52. The number of aromatic carboxylic acids is 1. The van der Waals surface area contributed by atoms with Crippen molar-refractivity contribution in [2.24, 2.45) is 0 Å². The topological polar surface area (TPSA) is 55.1 Å². The first kappa shape index (κ1) is 16.0. The number of fused-ring (bicyclic) bond motifs is 1. The van der Waals surface area contributed by atoms with E-state index in [0.29, 0.717) is 16.8 Å². The van der Waals surface area contributed by atoms with E-state index < -0.39 is 11.8 Å². The van der Waals surface area contributed by atoms with Crippen molar-refractivity contribution >= 4 is 16.9 Å². The first-order valence-corrected chi connectivity index (χ1v) is 8.12. The Morgan fingerprint density at radius 1 is 1.08 bits per heavy atom. The lowest BCUT2D eigenvalue weighted by Crippen LogP contribution is -2.08. The molecule has 2 aromatic carbocycles. The third-order valence-corrected chi connectivity index (χ3v) is 4.45. The molecule has 0 aliphatic carbocycles. The van der Waals surface area contributed by atoms with Crippen LogP contribution in [0.1, 0.15) is 16.1 Å². The molecule has 128 valence electrons. The van der Waals surface area contributed by atoms with Crippen LogP contribution in [0.4, 0.5) is 4.39 Å². The summed E-state index contributed by atoms with van der Waals surface area (Å²) in [6.07, 6.45) is 1.64. The molecule has 0 radical (unpaired) electrons. The van der Waals surface area contributed by atoms with Crippen molar-refractivity contribution in [2.45, 2.75) is 6.92 Å². The van der Waals surface area contributed by atoms with Crippen molar-refractivity contribution < 1.29 is 14.3 Å². The third-order valence-electron chi connectivity index (χ3n) is 4.45. The molecule has 0 saturated carbocycles. The number of aryl methyl sites for hydroxylation is 1. The Kier molecular flexibility index (Phi) is 3.77. The SMILES string of the molecule is Cc1c(C(=O)O)n(-c2cccc(F)c2)c2cnc(-c3ccccc3)cc12. The summed E-state index contributed by atoms with van der Waals surface area (Å²) >= 11 is 0. The van der Waals surface area contributed by atoms with Gasteiger partial charge in [0.25, 0.3) is 0 Å². The molecule has 0 bridgehead atoms. The minimum absolute atomic E-state index is 0.109. The monoisotopic (exact) mass is 346 g/mol. The number of halogens is 1. The molecule has 4 rings (SSSR count). The highest BCUT2D eigenvalue weighted by atomic mass is 19.1. The normalized spacial score (nSPS) is 11.0. The molecule has 4 nitrogen and oxygen atoms in total. The van der Waals surface area contributed by atoms with Crippen LogP contribution in [0.15, 0.2) is 66.9 Å². The number of hydrogen-bond acceptors (Lipinski definition) is 2. The minimum Gasteiger partial charge on any atom is -0.477 e. The molecule has 0 spiro atoms. The molecule has 0 unspecified atom stereocenters. The van der Waals surface area contributed by atoms with E-state index in [9.17, 15) is 14.3 Å². The molecule has 1 N–H and O–H groups in total. The zero-order valence-electron chi connectivity index (χ0n) is 14.0.